The molecule has 0 saturated carbocycles. The predicted molar refractivity (Wildman–Crippen MR) is 97.4 cm³/mol. The van der Waals surface area contributed by atoms with E-state index in [4.69, 9.17) is 32.7 Å². The van der Waals surface area contributed by atoms with E-state index < -0.39 is 18.0 Å². The highest BCUT2D eigenvalue weighted by Gasteiger charge is 2.37. The Bertz CT molecular complexity index is 819. The van der Waals surface area contributed by atoms with Crippen molar-refractivity contribution in [2.75, 3.05) is 26.3 Å². The first-order chi connectivity index (χ1) is 12.5. The molecule has 2 aliphatic heterocycles. The molecule has 0 unspecified atom stereocenters. The van der Waals surface area contributed by atoms with Gasteiger partial charge in [-0.1, -0.05) is 41.4 Å². The van der Waals surface area contributed by atoms with E-state index >= 15 is 0 Å². The average Bonchev–Trinajstić information content (AvgIpc) is 2.65. The van der Waals surface area contributed by atoms with Crippen LogP contribution in [0.15, 0.2) is 36.4 Å². The maximum atomic E-state index is 13.9. The normalized spacial score (nSPS) is 26.2. The zero-order valence-electron chi connectivity index (χ0n) is 13.9. The molecule has 0 radical (unpaired) electrons. The van der Waals surface area contributed by atoms with Gasteiger partial charge in [0.25, 0.3) is 0 Å². The molecule has 4 nitrogen and oxygen atoms in total. The van der Waals surface area contributed by atoms with E-state index in [9.17, 15) is 9.50 Å². The number of morpholine rings is 1. The Morgan fingerprint density at radius 1 is 1.12 bits per heavy atom. The van der Waals surface area contributed by atoms with E-state index in [0.717, 1.165) is 5.56 Å². The molecule has 0 aromatic heterocycles. The monoisotopic (exact) mass is 397 g/mol. The van der Waals surface area contributed by atoms with Crippen LogP contribution in [0.4, 0.5) is 4.39 Å². The van der Waals surface area contributed by atoms with Gasteiger partial charge in [0, 0.05) is 29.2 Å². The molecule has 1 N–H and O–H groups in total. The number of hydrogen-bond acceptors (Lipinski definition) is 4. The molecule has 7 heteroatoms. The highest BCUT2D eigenvalue weighted by Crippen LogP contribution is 2.37. The second-order valence-electron chi connectivity index (χ2n) is 6.50. The molecule has 0 amide bonds. The number of para-hydroxylation sites is 1. The standard InChI is InChI=1S/C19H18Cl2FNO3/c20-13-8-14(21)15(22)7-12(13)18-9-23(5-6-25-18)16-10-26-17-4-2-1-3-11(17)19(16)24/h1-4,7-8,16,18-19,24H,5-6,9-10H2/t16-,18+,19+/m1/s1. The predicted octanol–water partition coefficient (Wildman–Crippen LogP) is 4.00. The van der Waals surface area contributed by atoms with E-state index in [-0.39, 0.29) is 11.1 Å². The summed E-state index contributed by atoms with van der Waals surface area (Å²) < 4.78 is 25.5. The van der Waals surface area contributed by atoms with Crippen LogP contribution in [0.1, 0.15) is 23.3 Å². The lowest BCUT2D eigenvalue weighted by atomic mass is 9.96. The number of hydrogen-bond donors (Lipinski definition) is 1. The first-order valence-corrected chi connectivity index (χ1v) is 9.20. The van der Waals surface area contributed by atoms with Gasteiger partial charge in [0.15, 0.2) is 0 Å². The fraction of sp³-hybridized carbons (Fsp3) is 0.368. The summed E-state index contributed by atoms with van der Waals surface area (Å²) in [7, 11) is 0. The highest BCUT2D eigenvalue weighted by molar-refractivity contribution is 6.35. The molecular weight excluding hydrogens is 380 g/mol. The van der Waals surface area contributed by atoms with Gasteiger partial charge in [0.2, 0.25) is 0 Å². The molecule has 2 aromatic carbocycles. The smallest absolute Gasteiger partial charge is 0.142 e. The van der Waals surface area contributed by atoms with Crippen LogP contribution in [0.2, 0.25) is 10.0 Å². The fourth-order valence-electron chi connectivity index (χ4n) is 3.58. The second-order valence-corrected chi connectivity index (χ2v) is 7.32. The van der Waals surface area contributed by atoms with Gasteiger partial charge in [-0.3, -0.25) is 4.90 Å². The number of fused-ring (bicyclic) bond motifs is 1. The Balaban J connectivity index is 1.55. The minimum atomic E-state index is -0.656. The van der Waals surface area contributed by atoms with Crippen molar-refractivity contribution in [2.45, 2.75) is 18.2 Å². The van der Waals surface area contributed by atoms with Crippen LogP contribution in [0, 0.1) is 5.82 Å². The molecule has 4 rings (SSSR count). The maximum absolute atomic E-state index is 13.9. The van der Waals surface area contributed by atoms with E-state index in [1.54, 1.807) is 0 Å². The summed E-state index contributed by atoms with van der Waals surface area (Å²) in [6.45, 7) is 1.97. The van der Waals surface area contributed by atoms with Crippen molar-refractivity contribution in [3.63, 3.8) is 0 Å². The minimum Gasteiger partial charge on any atom is -0.491 e. The SMILES string of the molecule is O[C@H]1c2ccccc2OC[C@H]1N1CCO[C@H](c2cc(F)c(Cl)cc2Cl)C1. The fourth-order valence-corrected chi connectivity index (χ4v) is 4.08. The van der Waals surface area contributed by atoms with Crippen molar-refractivity contribution in [2.24, 2.45) is 0 Å². The number of benzene rings is 2. The molecule has 0 spiro atoms. The maximum Gasteiger partial charge on any atom is 0.142 e. The van der Waals surface area contributed by atoms with Gasteiger partial charge < -0.3 is 14.6 Å². The lowest BCUT2D eigenvalue weighted by Gasteiger charge is -2.42. The Kier molecular flexibility index (Phi) is 5.08. The average molecular weight is 398 g/mol. The van der Waals surface area contributed by atoms with E-state index in [2.05, 4.69) is 4.90 Å². The summed E-state index contributed by atoms with van der Waals surface area (Å²) in [5.74, 6) is 0.186. The number of nitrogens with zero attached hydrogens (tertiary/aromatic N) is 1. The molecular formula is C19H18Cl2FNO3. The van der Waals surface area contributed by atoms with Crippen molar-refractivity contribution in [1.82, 2.24) is 4.90 Å². The van der Waals surface area contributed by atoms with Crippen molar-refractivity contribution in [1.29, 1.82) is 0 Å². The molecule has 0 bridgehead atoms. The molecule has 2 heterocycles. The second kappa shape index (κ2) is 7.33. The third-order valence-electron chi connectivity index (χ3n) is 4.97. The number of ether oxygens (including phenoxy) is 2. The molecule has 2 aliphatic rings. The summed E-state index contributed by atoms with van der Waals surface area (Å²) in [6, 6.07) is 10.0. The first kappa shape index (κ1) is 18.0. The topological polar surface area (TPSA) is 41.9 Å². The third-order valence-corrected chi connectivity index (χ3v) is 5.58. The summed E-state index contributed by atoms with van der Waals surface area (Å²) >= 11 is 12.0. The Labute approximate surface area is 161 Å². The van der Waals surface area contributed by atoms with Crippen molar-refractivity contribution < 1.29 is 19.0 Å². The van der Waals surface area contributed by atoms with Gasteiger partial charge in [-0.05, 0) is 18.2 Å². The molecule has 138 valence electrons. The Morgan fingerprint density at radius 2 is 1.92 bits per heavy atom. The molecule has 0 aliphatic carbocycles. The first-order valence-electron chi connectivity index (χ1n) is 8.44. The van der Waals surface area contributed by atoms with Crippen LogP contribution >= 0.6 is 23.2 Å². The lowest BCUT2D eigenvalue weighted by Crippen LogP contribution is -2.51. The van der Waals surface area contributed by atoms with E-state index in [1.807, 2.05) is 24.3 Å². The van der Waals surface area contributed by atoms with Gasteiger partial charge in [-0.25, -0.2) is 4.39 Å². The zero-order chi connectivity index (χ0) is 18.3. The van der Waals surface area contributed by atoms with Crippen LogP contribution < -0.4 is 4.74 Å². The van der Waals surface area contributed by atoms with Crippen LogP contribution in [-0.4, -0.2) is 42.4 Å². The summed E-state index contributed by atoms with van der Waals surface area (Å²) in [5, 5.41) is 11.2. The van der Waals surface area contributed by atoms with Crippen molar-refractivity contribution in [3.05, 3.63) is 63.4 Å². The summed E-state index contributed by atoms with van der Waals surface area (Å²) in [5.41, 5.74) is 1.34. The number of aliphatic hydroxyl groups excluding tert-OH is 1. The highest BCUT2D eigenvalue weighted by atomic mass is 35.5. The largest absolute Gasteiger partial charge is 0.491 e. The molecule has 3 atom stereocenters. The van der Waals surface area contributed by atoms with Crippen LogP contribution in [0.3, 0.4) is 0 Å². The summed E-state index contributed by atoms with van der Waals surface area (Å²) in [4.78, 5) is 2.11. The molecule has 2 aromatic rings. The molecule has 1 fully saturated rings. The zero-order valence-corrected chi connectivity index (χ0v) is 15.4. The van der Waals surface area contributed by atoms with Gasteiger partial charge in [0.1, 0.15) is 24.3 Å². The van der Waals surface area contributed by atoms with E-state index in [1.165, 1.54) is 12.1 Å². The summed E-state index contributed by atoms with van der Waals surface area (Å²) in [6.07, 6.45) is -1.05. The number of halogens is 3. The van der Waals surface area contributed by atoms with Crippen molar-refractivity contribution >= 4 is 23.2 Å². The minimum absolute atomic E-state index is 0.0147. The number of aliphatic hydroxyl groups is 1. The van der Waals surface area contributed by atoms with Gasteiger partial charge in [-0.2, -0.15) is 0 Å². The van der Waals surface area contributed by atoms with Crippen molar-refractivity contribution in [3.8, 4) is 5.75 Å². The van der Waals surface area contributed by atoms with Gasteiger partial charge in [-0.15, -0.1) is 0 Å². The van der Waals surface area contributed by atoms with Crippen LogP contribution in [0.5, 0.6) is 5.75 Å². The Hall–Kier alpha value is -1.37. The quantitative estimate of drug-likeness (QED) is 0.777. The molecule has 1 saturated heterocycles. The van der Waals surface area contributed by atoms with Gasteiger partial charge in [0.05, 0.1) is 23.8 Å². The molecule has 26 heavy (non-hydrogen) atoms. The number of rotatable bonds is 2. The van der Waals surface area contributed by atoms with E-state index in [0.29, 0.717) is 42.6 Å². The third kappa shape index (κ3) is 3.30. The Morgan fingerprint density at radius 3 is 2.77 bits per heavy atom. The van der Waals surface area contributed by atoms with Crippen LogP contribution in [0.25, 0.3) is 0 Å². The lowest BCUT2D eigenvalue weighted by molar-refractivity contribution is -0.0810. The van der Waals surface area contributed by atoms with Crippen LogP contribution in [-0.2, 0) is 4.74 Å². The van der Waals surface area contributed by atoms with Gasteiger partial charge >= 0.3 is 0 Å².